The molecular weight excluding hydrogens is 332 g/mol. The zero-order valence-electron chi connectivity index (χ0n) is 15.3. The molecule has 0 bridgehead atoms. The third kappa shape index (κ3) is 3.85. The Morgan fingerprint density at radius 1 is 1.00 bits per heavy atom. The number of carbonyl (C=O) groups excluding carboxylic acids is 1. The summed E-state index contributed by atoms with van der Waals surface area (Å²) in [6, 6.07) is 13.3. The molecule has 0 saturated carbocycles. The number of benzene rings is 2. The highest BCUT2D eigenvalue weighted by molar-refractivity contribution is 5.91. The van der Waals surface area contributed by atoms with Crippen molar-refractivity contribution >= 4 is 11.7 Å². The van der Waals surface area contributed by atoms with Crippen LogP contribution in [0.25, 0.3) is 0 Å². The Kier molecular flexibility index (Phi) is 5.51. The van der Waals surface area contributed by atoms with Gasteiger partial charge < -0.3 is 24.4 Å². The van der Waals surface area contributed by atoms with Crippen LogP contribution >= 0.6 is 0 Å². The first-order chi connectivity index (χ1) is 12.6. The molecule has 1 N–H and O–H groups in total. The van der Waals surface area contributed by atoms with E-state index in [2.05, 4.69) is 17.4 Å². The maximum atomic E-state index is 12.6. The van der Waals surface area contributed by atoms with Gasteiger partial charge in [0.05, 0.1) is 27.0 Å². The summed E-state index contributed by atoms with van der Waals surface area (Å²) in [5.41, 5.74) is 1.86. The summed E-state index contributed by atoms with van der Waals surface area (Å²) >= 11 is 0. The molecule has 2 aromatic rings. The molecule has 0 radical (unpaired) electrons. The maximum absolute atomic E-state index is 12.6. The summed E-state index contributed by atoms with van der Waals surface area (Å²) in [7, 11) is 4.82. The van der Waals surface area contributed by atoms with E-state index in [1.807, 2.05) is 17.0 Å². The van der Waals surface area contributed by atoms with E-state index in [0.717, 1.165) is 18.7 Å². The Morgan fingerprint density at radius 2 is 1.69 bits per heavy atom. The quantitative estimate of drug-likeness (QED) is 0.887. The Bertz CT molecular complexity index is 761. The lowest BCUT2D eigenvalue weighted by atomic mass is 9.98. The van der Waals surface area contributed by atoms with Crippen molar-refractivity contribution in [1.29, 1.82) is 0 Å². The van der Waals surface area contributed by atoms with Crippen molar-refractivity contribution in [2.24, 2.45) is 0 Å². The Labute approximate surface area is 153 Å². The molecule has 0 spiro atoms. The molecule has 3 rings (SSSR count). The van der Waals surface area contributed by atoms with E-state index in [4.69, 9.17) is 14.2 Å². The minimum absolute atomic E-state index is 0.121. The maximum Gasteiger partial charge on any atom is 0.321 e. The SMILES string of the molecule is COc1ccc(C2CCN(C(=O)Nc3ccc(OC)cc3OC)C2)cc1. The summed E-state index contributed by atoms with van der Waals surface area (Å²) in [4.78, 5) is 14.5. The highest BCUT2D eigenvalue weighted by Crippen LogP contribution is 2.31. The number of nitrogens with zero attached hydrogens (tertiary/aromatic N) is 1. The zero-order chi connectivity index (χ0) is 18.5. The van der Waals surface area contributed by atoms with Gasteiger partial charge in [0.25, 0.3) is 0 Å². The minimum Gasteiger partial charge on any atom is -0.497 e. The number of hydrogen-bond donors (Lipinski definition) is 1. The van der Waals surface area contributed by atoms with Crippen molar-refractivity contribution in [2.75, 3.05) is 39.7 Å². The van der Waals surface area contributed by atoms with E-state index in [0.29, 0.717) is 29.6 Å². The summed E-state index contributed by atoms with van der Waals surface area (Å²) in [6.45, 7) is 1.41. The first kappa shape index (κ1) is 17.9. The standard InChI is InChI=1S/C20H24N2O4/c1-24-16-6-4-14(5-7-16)15-10-11-22(13-15)20(23)21-18-9-8-17(25-2)12-19(18)26-3/h4-9,12,15H,10-11,13H2,1-3H3,(H,21,23). The van der Waals surface area contributed by atoms with E-state index in [1.54, 1.807) is 39.5 Å². The van der Waals surface area contributed by atoms with Crippen LogP contribution in [-0.2, 0) is 0 Å². The topological polar surface area (TPSA) is 60.0 Å². The summed E-state index contributed by atoms with van der Waals surface area (Å²) in [6.07, 6.45) is 0.944. The van der Waals surface area contributed by atoms with Gasteiger partial charge in [-0.2, -0.15) is 0 Å². The van der Waals surface area contributed by atoms with Gasteiger partial charge in [-0.15, -0.1) is 0 Å². The Hall–Kier alpha value is -2.89. The van der Waals surface area contributed by atoms with Crippen LogP contribution < -0.4 is 19.5 Å². The van der Waals surface area contributed by atoms with Crippen LogP contribution in [0.4, 0.5) is 10.5 Å². The predicted molar refractivity (Wildman–Crippen MR) is 100 cm³/mol. The molecule has 26 heavy (non-hydrogen) atoms. The van der Waals surface area contributed by atoms with Gasteiger partial charge in [-0.1, -0.05) is 12.1 Å². The van der Waals surface area contributed by atoms with Crippen molar-refractivity contribution in [3.05, 3.63) is 48.0 Å². The van der Waals surface area contributed by atoms with Crippen LogP contribution in [0.5, 0.6) is 17.2 Å². The fourth-order valence-electron chi connectivity index (χ4n) is 3.19. The molecular formula is C20H24N2O4. The van der Waals surface area contributed by atoms with Crippen molar-refractivity contribution in [1.82, 2.24) is 4.90 Å². The minimum atomic E-state index is -0.121. The number of rotatable bonds is 5. The molecule has 0 aromatic heterocycles. The number of carbonyl (C=O) groups is 1. The lowest BCUT2D eigenvalue weighted by molar-refractivity contribution is 0.222. The smallest absolute Gasteiger partial charge is 0.321 e. The molecule has 1 aliphatic rings. The van der Waals surface area contributed by atoms with Crippen molar-refractivity contribution < 1.29 is 19.0 Å². The highest BCUT2D eigenvalue weighted by atomic mass is 16.5. The lowest BCUT2D eigenvalue weighted by Crippen LogP contribution is -2.32. The summed E-state index contributed by atoms with van der Waals surface area (Å²) in [5.74, 6) is 2.43. The van der Waals surface area contributed by atoms with Crippen LogP contribution in [-0.4, -0.2) is 45.3 Å². The third-order valence-corrected chi connectivity index (χ3v) is 4.71. The number of nitrogens with one attached hydrogen (secondary N) is 1. The second-order valence-electron chi connectivity index (χ2n) is 6.20. The number of hydrogen-bond acceptors (Lipinski definition) is 4. The average Bonchev–Trinajstić information content (AvgIpc) is 3.18. The molecule has 1 saturated heterocycles. The number of urea groups is 1. The van der Waals surface area contributed by atoms with Crippen LogP contribution in [0.1, 0.15) is 17.9 Å². The number of ether oxygens (including phenoxy) is 3. The fraction of sp³-hybridized carbons (Fsp3) is 0.350. The molecule has 1 atom stereocenters. The summed E-state index contributed by atoms with van der Waals surface area (Å²) < 4.78 is 15.7. The predicted octanol–water partition coefficient (Wildman–Crippen LogP) is 3.73. The molecule has 0 aliphatic carbocycles. The molecule has 1 unspecified atom stereocenters. The molecule has 1 heterocycles. The van der Waals surface area contributed by atoms with Crippen molar-refractivity contribution in [3.8, 4) is 17.2 Å². The van der Waals surface area contributed by atoms with Gasteiger partial charge in [0.15, 0.2) is 0 Å². The molecule has 138 valence electrons. The zero-order valence-corrected chi connectivity index (χ0v) is 15.3. The van der Waals surface area contributed by atoms with E-state index in [-0.39, 0.29) is 6.03 Å². The Morgan fingerprint density at radius 3 is 2.35 bits per heavy atom. The molecule has 6 heteroatoms. The fourth-order valence-corrected chi connectivity index (χ4v) is 3.19. The van der Waals surface area contributed by atoms with Crippen LogP contribution in [0, 0.1) is 0 Å². The van der Waals surface area contributed by atoms with Crippen molar-refractivity contribution in [2.45, 2.75) is 12.3 Å². The van der Waals surface area contributed by atoms with Gasteiger partial charge >= 0.3 is 6.03 Å². The monoisotopic (exact) mass is 356 g/mol. The van der Waals surface area contributed by atoms with Crippen LogP contribution in [0.3, 0.4) is 0 Å². The van der Waals surface area contributed by atoms with Gasteiger partial charge in [0.1, 0.15) is 17.2 Å². The van der Waals surface area contributed by atoms with Crippen LogP contribution in [0.2, 0.25) is 0 Å². The largest absolute Gasteiger partial charge is 0.497 e. The summed E-state index contributed by atoms with van der Waals surface area (Å²) in [5, 5.41) is 2.93. The first-order valence-corrected chi connectivity index (χ1v) is 8.56. The van der Waals surface area contributed by atoms with Gasteiger partial charge in [-0.05, 0) is 36.2 Å². The molecule has 1 fully saturated rings. The van der Waals surface area contributed by atoms with Gasteiger partial charge in [-0.25, -0.2) is 4.79 Å². The van der Waals surface area contributed by atoms with E-state index >= 15 is 0 Å². The molecule has 2 amide bonds. The van der Waals surface area contributed by atoms with E-state index in [1.165, 1.54) is 5.56 Å². The van der Waals surface area contributed by atoms with E-state index in [9.17, 15) is 4.79 Å². The molecule has 1 aliphatic heterocycles. The average molecular weight is 356 g/mol. The Balaban J connectivity index is 1.64. The van der Waals surface area contributed by atoms with Gasteiger partial charge in [-0.3, -0.25) is 0 Å². The van der Waals surface area contributed by atoms with Gasteiger partial charge in [0.2, 0.25) is 0 Å². The van der Waals surface area contributed by atoms with Crippen molar-refractivity contribution in [3.63, 3.8) is 0 Å². The lowest BCUT2D eigenvalue weighted by Gasteiger charge is -2.19. The number of anilines is 1. The van der Waals surface area contributed by atoms with Gasteiger partial charge in [0, 0.05) is 25.1 Å². The number of likely N-dealkylation sites (tertiary alicyclic amines) is 1. The third-order valence-electron chi connectivity index (χ3n) is 4.71. The number of methoxy groups -OCH3 is 3. The second-order valence-corrected chi connectivity index (χ2v) is 6.20. The second kappa shape index (κ2) is 7.99. The van der Waals surface area contributed by atoms with Crippen LogP contribution in [0.15, 0.2) is 42.5 Å². The first-order valence-electron chi connectivity index (χ1n) is 8.56. The molecule has 2 aromatic carbocycles. The number of amides is 2. The normalized spacial score (nSPS) is 16.3. The highest BCUT2D eigenvalue weighted by Gasteiger charge is 2.27. The van der Waals surface area contributed by atoms with E-state index < -0.39 is 0 Å². The molecule has 6 nitrogen and oxygen atoms in total.